The summed E-state index contributed by atoms with van der Waals surface area (Å²) in [4.78, 5) is 11.4. The van der Waals surface area contributed by atoms with Crippen LogP contribution in [0.4, 0.5) is 0 Å². The van der Waals surface area contributed by atoms with E-state index in [1.165, 1.54) is 60.3 Å². The quantitative estimate of drug-likeness (QED) is 0.782. The van der Waals surface area contributed by atoms with Gasteiger partial charge >= 0.3 is 0 Å². The molecule has 0 saturated carbocycles. The first-order chi connectivity index (χ1) is 10.5. The first kappa shape index (κ1) is 15.7. The van der Waals surface area contributed by atoms with Gasteiger partial charge in [0, 0.05) is 12.8 Å². The van der Waals surface area contributed by atoms with E-state index in [2.05, 4.69) is 31.3 Å². The third kappa shape index (κ3) is 3.40. The van der Waals surface area contributed by atoms with Gasteiger partial charge in [-0.3, -0.25) is 4.79 Å². The van der Waals surface area contributed by atoms with Crippen molar-refractivity contribution in [3.63, 3.8) is 0 Å². The van der Waals surface area contributed by atoms with Crippen molar-refractivity contribution in [1.82, 2.24) is 0 Å². The number of benzene rings is 1. The molecule has 4 rings (SSSR count). The Morgan fingerprint density at radius 2 is 1.55 bits per heavy atom. The molecule has 3 aliphatic heterocycles. The summed E-state index contributed by atoms with van der Waals surface area (Å²) in [7, 11) is 2.41. The van der Waals surface area contributed by atoms with Gasteiger partial charge in [0.25, 0.3) is 0 Å². The van der Waals surface area contributed by atoms with Gasteiger partial charge in [-0.25, -0.2) is 0 Å². The number of Topliss-reactive ketones (excluding diaryl/α,β-unsaturated/α-hetero) is 1. The molecule has 3 aliphatic rings. The van der Waals surface area contributed by atoms with Crippen LogP contribution in [0.5, 0.6) is 0 Å². The van der Waals surface area contributed by atoms with Gasteiger partial charge in [-0.1, -0.05) is 24.3 Å². The van der Waals surface area contributed by atoms with E-state index < -0.39 is 0 Å². The molecule has 4 heteroatoms. The first-order valence-corrected chi connectivity index (χ1v) is 8.51. The number of hydrogen-bond donors (Lipinski definition) is 1. The standard InChI is InChI=1S/C18H29N3O/c1-20-8-11-21(12-9-20,13-10-20)7-6-16-2-4-17(5-3-16)14-18(22)15-19/h2-5H,6-15,19H2,1H3/q+2. The number of nitrogens with zero attached hydrogens (tertiary/aromatic N) is 2. The van der Waals surface area contributed by atoms with E-state index in [-0.39, 0.29) is 12.3 Å². The molecular weight excluding hydrogens is 274 g/mol. The number of carbonyl (C=O) groups is 1. The maximum atomic E-state index is 11.4. The lowest BCUT2D eigenvalue weighted by Gasteiger charge is -2.54. The van der Waals surface area contributed by atoms with Crippen LogP contribution in [-0.2, 0) is 17.6 Å². The van der Waals surface area contributed by atoms with Crippen LogP contribution in [0.2, 0.25) is 0 Å². The molecule has 0 aromatic heterocycles. The summed E-state index contributed by atoms with van der Waals surface area (Å²) in [6.07, 6.45) is 1.61. The van der Waals surface area contributed by atoms with E-state index in [0.29, 0.717) is 6.42 Å². The van der Waals surface area contributed by atoms with E-state index in [4.69, 9.17) is 5.73 Å². The molecule has 2 N–H and O–H groups in total. The average molecular weight is 303 g/mol. The minimum absolute atomic E-state index is 0.105. The topological polar surface area (TPSA) is 43.1 Å². The lowest BCUT2D eigenvalue weighted by molar-refractivity contribution is -1.07. The fourth-order valence-electron chi connectivity index (χ4n) is 3.86. The molecule has 0 unspecified atom stereocenters. The van der Waals surface area contributed by atoms with Crippen molar-refractivity contribution in [1.29, 1.82) is 0 Å². The molecule has 2 bridgehead atoms. The molecule has 1 aromatic carbocycles. The van der Waals surface area contributed by atoms with Gasteiger partial charge in [0.05, 0.1) is 20.1 Å². The molecule has 0 aliphatic carbocycles. The van der Waals surface area contributed by atoms with Gasteiger partial charge in [0.15, 0.2) is 5.78 Å². The average Bonchev–Trinajstić information content (AvgIpc) is 2.56. The van der Waals surface area contributed by atoms with Crippen LogP contribution in [0, 0.1) is 0 Å². The number of hydrogen-bond acceptors (Lipinski definition) is 2. The van der Waals surface area contributed by atoms with Crippen molar-refractivity contribution in [2.24, 2.45) is 5.73 Å². The Morgan fingerprint density at radius 1 is 1.00 bits per heavy atom. The van der Waals surface area contributed by atoms with Gasteiger partial charge in [-0.2, -0.15) is 0 Å². The third-order valence-electron chi connectivity index (χ3n) is 5.87. The molecule has 0 amide bonds. The highest BCUT2D eigenvalue weighted by Gasteiger charge is 2.46. The van der Waals surface area contributed by atoms with E-state index in [0.717, 1.165) is 12.0 Å². The van der Waals surface area contributed by atoms with Crippen molar-refractivity contribution >= 4 is 5.78 Å². The van der Waals surface area contributed by atoms with Gasteiger partial charge in [0.1, 0.15) is 39.3 Å². The summed E-state index contributed by atoms with van der Waals surface area (Å²) < 4.78 is 2.62. The molecule has 0 atom stereocenters. The third-order valence-corrected chi connectivity index (χ3v) is 5.87. The predicted octanol–water partition coefficient (Wildman–Crippen LogP) is 0.590. The number of piperazine rings is 3. The maximum Gasteiger partial charge on any atom is 0.150 e. The summed E-state index contributed by atoms with van der Waals surface area (Å²) in [5.74, 6) is 0.105. The Bertz CT molecular complexity index is 513. The lowest BCUT2D eigenvalue weighted by Crippen LogP contribution is -2.73. The van der Waals surface area contributed by atoms with Gasteiger partial charge in [0.2, 0.25) is 0 Å². The number of carbonyl (C=O) groups excluding carboxylic acids is 1. The Kier molecular flexibility index (Phi) is 4.35. The van der Waals surface area contributed by atoms with Gasteiger partial charge < -0.3 is 14.7 Å². The summed E-state index contributed by atoms with van der Waals surface area (Å²) in [5.41, 5.74) is 7.84. The van der Waals surface area contributed by atoms with Gasteiger partial charge in [-0.15, -0.1) is 0 Å². The number of nitrogens with two attached hydrogens (primary N) is 1. The molecule has 0 radical (unpaired) electrons. The Morgan fingerprint density at radius 3 is 2.09 bits per heavy atom. The largest absolute Gasteiger partial charge is 0.324 e. The Labute approximate surface area is 133 Å². The molecule has 3 heterocycles. The second kappa shape index (κ2) is 6.11. The van der Waals surface area contributed by atoms with Crippen LogP contribution in [0.25, 0.3) is 0 Å². The van der Waals surface area contributed by atoms with E-state index in [1.807, 2.05) is 0 Å². The van der Waals surface area contributed by atoms with Crippen molar-refractivity contribution in [3.8, 4) is 0 Å². The molecule has 1 aromatic rings. The van der Waals surface area contributed by atoms with Crippen molar-refractivity contribution in [2.45, 2.75) is 12.8 Å². The fourth-order valence-corrected chi connectivity index (χ4v) is 3.86. The highest BCUT2D eigenvalue weighted by atomic mass is 16.1. The highest BCUT2D eigenvalue weighted by molar-refractivity contribution is 5.82. The number of ketones is 1. The summed E-state index contributed by atoms with van der Waals surface area (Å²) in [6.45, 7) is 9.49. The van der Waals surface area contributed by atoms with Crippen molar-refractivity contribution < 1.29 is 13.8 Å². The van der Waals surface area contributed by atoms with Crippen LogP contribution >= 0.6 is 0 Å². The minimum Gasteiger partial charge on any atom is -0.324 e. The van der Waals surface area contributed by atoms with Crippen LogP contribution in [0.15, 0.2) is 24.3 Å². The molecular formula is C18H29N3O+2. The normalized spacial score (nSPS) is 30.5. The highest BCUT2D eigenvalue weighted by Crippen LogP contribution is 2.25. The molecule has 22 heavy (non-hydrogen) atoms. The number of quaternary nitrogens is 2. The van der Waals surface area contributed by atoms with Crippen molar-refractivity contribution in [2.75, 3.05) is 59.4 Å². The molecule has 4 nitrogen and oxygen atoms in total. The smallest absolute Gasteiger partial charge is 0.150 e. The molecule has 3 fully saturated rings. The van der Waals surface area contributed by atoms with Crippen LogP contribution in [-0.4, -0.2) is 74.2 Å². The minimum atomic E-state index is 0.105. The molecule has 3 saturated heterocycles. The van der Waals surface area contributed by atoms with Crippen LogP contribution in [0.1, 0.15) is 11.1 Å². The van der Waals surface area contributed by atoms with Gasteiger partial charge in [-0.05, 0) is 11.1 Å². The second-order valence-electron chi connectivity index (χ2n) is 7.51. The zero-order valence-electron chi connectivity index (χ0n) is 13.8. The Balaban J connectivity index is 1.54. The zero-order valence-corrected chi connectivity index (χ0v) is 13.8. The van der Waals surface area contributed by atoms with E-state index in [9.17, 15) is 4.79 Å². The summed E-state index contributed by atoms with van der Waals surface area (Å²) in [5, 5.41) is 0. The molecule has 120 valence electrons. The summed E-state index contributed by atoms with van der Waals surface area (Å²) in [6, 6.07) is 8.55. The molecule has 0 spiro atoms. The number of fused-ring (bicyclic) bond motifs is 3. The fraction of sp³-hybridized carbons (Fsp3) is 0.611. The van der Waals surface area contributed by atoms with Crippen molar-refractivity contribution in [3.05, 3.63) is 35.4 Å². The first-order valence-electron chi connectivity index (χ1n) is 8.51. The SMILES string of the molecule is C[N+]12CC[N+](CCc3ccc(CC(=O)CN)cc3)(CC1)CC2. The maximum absolute atomic E-state index is 11.4. The predicted molar refractivity (Wildman–Crippen MR) is 88.4 cm³/mol. The number of rotatable bonds is 6. The lowest BCUT2D eigenvalue weighted by atomic mass is 10.0. The van der Waals surface area contributed by atoms with Crippen LogP contribution in [0.3, 0.4) is 0 Å². The Hall–Kier alpha value is -1.23. The summed E-state index contributed by atoms with van der Waals surface area (Å²) >= 11 is 0. The number of likely N-dealkylation sites (N-methyl/N-ethyl adjacent to an activating group) is 1. The van der Waals surface area contributed by atoms with Crippen LogP contribution < -0.4 is 5.73 Å². The zero-order chi connectivity index (χ0) is 15.6. The van der Waals surface area contributed by atoms with E-state index >= 15 is 0 Å². The monoisotopic (exact) mass is 303 g/mol. The second-order valence-corrected chi connectivity index (χ2v) is 7.51. The van der Waals surface area contributed by atoms with E-state index in [1.54, 1.807) is 0 Å².